The SMILES string of the molecule is O=C(Nc1ccc(N2CCCC2=O)cc1)c1ccc(-n2cccn2)cc1. The molecule has 2 aromatic carbocycles. The van der Waals surface area contributed by atoms with Gasteiger partial charge in [-0.15, -0.1) is 0 Å². The van der Waals surface area contributed by atoms with Crippen LogP contribution in [0.1, 0.15) is 23.2 Å². The number of benzene rings is 2. The molecule has 0 aliphatic carbocycles. The van der Waals surface area contributed by atoms with E-state index in [1.165, 1.54) is 0 Å². The fraction of sp³-hybridized carbons (Fsp3) is 0.150. The fourth-order valence-corrected chi connectivity index (χ4v) is 3.04. The van der Waals surface area contributed by atoms with Gasteiger partial charge in [-0.05, 0) is 61.0 Å². The molecule has 130 valence electrons. The molecule has 0 spiro atoms. The molecule has 1 aliphatic heterocycles. The summed E-state index contributed by atoms with van der Waals surface area (Å²) in [7, 11) is 0. The first-order chi connectivity index (χ1) is 12.7. The van der Waals surface area contributed by atoms with Crippen molar-refractivity contribution in [3.63, 3.8) is 0 Å². The molecule has 2 heterocycles. The Hall–Kier alpha value is -3.41. The van der Waals surface area contributed by atoms with Crippen LogP contribution in [0.25, 0.3) is 5.69 Å². The van der Waals surface area contributed by atoms with Gasteiger partial charge in [-0.1, -0.05) is 0 Å². The quantitative estimate of drug-likeness (QED) is 0.788. The van der Waals surface area contributed by atoms with Crippen LogP contribution in [-0.2, 0) is 4.79 Å². The van der Waals surface area contributed by atoms with E-state index in [-0.39, 0.29) is 11.8 Å². The van der Waals surface area contributed by atoms with E-state index < -0.39 is 0 Å². The molecule has 4 rings (SSSR count). The lowest BCUT2D eigenvalue weighted by atomic mass is 10.2. The number of carbonyl (C=O) groups excluding carboxylic acids is 2. The maximum Gasteiger partial charge on any atom is 0.255 e. The molecule has 2 amide bonds. The van der Waals surface area contributed by atoms with Crippen LogP contribution in [0.15, 0.2) is 67.0 Å². The predicted octanol–water partition coefficient (Wildman–Crippen LogP) is 3.25. The Morgan fingerprint density at radius 1 is 1.00 bits per heavy atom. The number of hydrogen-bond donors (Lipinski definition) is 1. The number of amides is 2. The molecule has 0 saturated carbocycles. The summed E-state index contributed by atoms with van der Waals surface area (Å²) in [5.74, 6) is -0.0268. The van der Waals surface area contributed by atoms with Crippen LogP contribution in [0.4, 0.5) is 11.4 Å². The monoisotopic (exact) mass is 346 g/mol. The van der Waals surface area contributed by atoms with E-state index in [4.69, 9.17) is 0 Å². The van der Waals surface area contributed by atoms with E-state index in [2.05, 4.69) is 10.4 Å². The molecule has 0 radical (unpaired) electrons. The standard InChI is InChI=1S/C20H18N4O2/c25-19-3-1-13-23(19)17-10-6-16(7-11-17)22-20(26)15-4-8-18(9-5-15)24-14-2-12-21-24/h2,4-12,14H,1,3,13H2,(H,22,26). The Morgan fingerprint density at radius 3 is 2.35 bits per heavy atom. The zero-order valence-electron chi connectivity index (χ0n) is 14.1. The highest BCUT2D eigenvalue weighted by Crippen LogP contribution is 2.23. The summed E-state index contributed by atoms with van der Waals surface area (Å²) in [6.07, 6.45) is 5.06. The largest absolute Gasteiger partial charge is 0.322 e. The molecule has 3 aromatic rings. The van der Waals surface area contributed by atoms with Crippen molar-refractivity contribution >= 4 is 23.2 Å². The first kappa shape index (κ1) is 16.1. The smallest absolute Gasteiger partial charge is 0.255 e. The number of anilines is 2. The van der Waals surface area contributed by atoms with Crippen LogP contribution in [0.5, 0.6) is 0 Å². The summed E-state index contributed by atoms with van der Waals surface area (Å²) in [4.78, 5) is 26.0. The molecule has 26 heavy (non-hydrogen) atoms. The summed E-state index contributed by atoms with van der Waals surface area (Å²) >= 11 is 0. The maximum atomic E-state index is 12.4. The second kappa shape index (κ2) is 6.84. The first-order valence-electron chi connectivity index (χ1n) is 8.52. The van der Waals surface area contributed by atoms with Crippen molar-refractivity contribution in [1.82, 2.24) is 9.78 Å². The third-order valence-corrected chi connectivity index (χ3v) is 4.41. The highest BCUT2D eigenvalue weighted by Gasteiger charge is 2.21. The average molecular weight is 346 g/mol. The van der Waals surface area contributed by atoms with E-state index >= 15 is 0 Å². The summed E-state index contributed by atoms with van der Waals surface area (Å²) in [5, 5.41) is 7.04. The van der Waals surface area contributed by atoms with Crippen LogP contribution < -0.4 is 10.2 Å². The van der Waals surface area contributed by atoms with Crippen molar-refractivity contribution in [3.8, 4) is 5.69 Å². The predicted molar refractivity (Wildman–Crippen MR) is 99.5 cm³/mol. The fourth-order valence-electron chi connectivity index (χ4n) is 3.04. The first-order valence-corrected chi connectivity index (χ1v) is 8.52. The zero-order valence-corrected chi connectivity index (χ0v) is 14.1. The van der Waals surface area contributed by atoms with Gasteiger partial charge in [-0.2, -0.15) is 5.10 Å². The third-order valence-electron chi connectivity index (χ3n) is 4.41. The van der Waals surface area contributed by atoms with Gasteiger partial charge in [0.2, 0.25) is 5.91 Å². The number of nitrogens with one attached hydrogen (secondary N) is 1. The minimum atomic E-state index is -0.179. The molecule has 1 aromatic heterocycles. The lowest BCUT2D eigenvalue weighted by molar-refractivity contribution is -0.117. The van der Waals surface area contributed by atoms with Crippen LogP contribution in [0.2, 0.25) is 0 Å². The Balaban J connectivity index is 1.43. The number of aromatic nitrogens is 2. The second-order valence-corrected chi connectivity index (χ2v) is 6.15. The van der Waals surface area contributed by atoms with E-state index in [1.807, 2.05) is 48.7 Å². The topological polar surface area (TPSA) is 67.2 Å². The van der Waals surface area contributed by atoms with Crippen LogP contribution in [0.3, 0.4) is 0 Å². The van der Waals surface area contributed by atoms with Crippen LogP contribution in [0, 0.1) is 0 Å². The van der Waals surface area contributed by atoms with Gasteiger partial charge >= 0.3 is 0 Å². The van der Waals surface area contributed by atoms with E-state index in [1.54, 1.807) is 27.9 Å². The van der Waals surface area contributed by atoms with Gasteiger partial charge in [-0.25, -0.2) is 4.68 Å². The molecular weight excluding hydrogens is 328 g/mol. The van der Waals surface area contributed by atoms with Crippen molar-refractivity contribution in [2.24, 2.45) is 0 Å². The number of hydrogen-bond acceptors (Lipinski definition) is 3. The summed E-state index contributed by atoms with van der Waals surface area (Å²) in [6, 6.07) is 16.4. The van der Waals surface area contributed by atoms with E-state index in [9.17, 15) is 9.59 Å². The molecule has 1 N–H and O–H groups in total. The Kier molecular flexibility index (Phi) is 4.23. The van der Waals surface area contributed by atoms with Gasteiger partial charge in [0, 0.05) is 42.3 Å². The lowest BCUT2D eigenvalue weighted by Gasteiger charge is -2.16. The average Bonchev–Trinajstić information content (AvgIpc) is 3.34. The summed E-state index contributed by atoms with van der Waals surface area (Å²) < 4.78 is 1.74. The molecule has 0 atom stereocenters. The molecular formula is C20H18N4O2. The third kappa shape index (κ3) is 3.21. The molecule has 6 heteroatoms. The molecule has 1 aliphatic rings. The van der Waals surface area contributed by atoms with Crippen molar-refractivity contribution in [1.29, 1.82) is 0 Å². The highest BCUT2D eigenvalue weighted by atomic mass is 16.2. The van der Waals surface area contributed by atoms with Gasteiger partial charge in [0.25, 0.3) is 5.91 Å². The van der Waals surface area contributed by atoms with Crippen molar-refractivity contribution in [2.75, 3.05) is 16.8 Å². The van der Waals surface area contributed by atoms with Crippen molar-refractivity contribution in [3.05, 3.63) is 72.6 Å². The lowest BCUT2D eigenvalue weighted by Crippen LogP contribution is -2.23. The number of nitrogens with zero attached hydrogens (tertiary/aromatic N) is 3. The number of carbonyl (C=O) groups is 2. The highest BCUT2D eigenvalue weighted by molar-refractivity contribution is 6.04. The Morgan fingerprint density at radius 2 is 1.73 bits per heavy atom. The van der Waals surface area contributed by atoms with Crippen LogP contribution >= 0.6 is 0 Å². The Labute approximate surface area is 151 Å². The van der Waals surface area contributed by atoms with Gasteiger partial charge in [-0.3, -0.25) is 9.59 Å². The molecule has 0 bridgehead atoms. The van der Waals surface area contributed by atoms with Gasteiger partial charge < -0.3 is 10.2 Å². The van der Waals surface area contributed by atoms with Gasteiger partial charge in [0.15, 0.2) is 0 Å². The molecule has 0 unspecified atom stereocenters. The minimum Gasteiger partial charge on any atom is -0.322 e. The molecule has 1 saturated heterocycles. The number of rotatable bonds is 4. The van der Waals surface area contributed by atoms with Gasteiger partial charge in [0.05, 0.1) is 5.69 Å². The molecule has 6 nitrogen and oxygen atoms in total. The summed E-state index contributed by atoms with van der Waals surface area (Å²) in [6.45, 7) is 0.757. The maximum absolute atomic E-state index is 12.4. The normalized spacial score (nSPS) is 13.8. The second-order valence-electron chi connectivity index (χ2n) is 6.15. The van der Waals surface area contributed by atoms with Crippen molar-refractivity contribution in [2.45, 2.75) is 12.8 Å². The Bertz CT molecular complexity index is 915. The van der Waals surface area contributed by atoms with E-state index in [0.717, 1.165) is 24.3 Å². The zero-order chi connectivity index (χ0) is 17.9. The van der Waals surface area contributed by atoms with E-state index in [0.29, 0.717) is 17.7 Å². The van der Waals surface area contributed by atoms with Crippen LogP contribution in [-0.4, -0.2) is 28.1 Å². The molecule has 1 fully saturated rings. The minimum absolute atomic E-state index is 0.152. The van der Waals surface area contributed by atoms with Gasteiger partial charge in [0.1, 0.15) is 0 Å². The van der Waals surface area contributed by atoms with Crippen molar-refractivity contribution < 1.29 is 9.59 Å². The summed E-state index contributed by atoms with van der Waals surface area (Å²) in [5.41, 5.74) is 3.03.